The number of hydrogen-bond donors (Lipinski definition) is 1. The first-order chi connectivity index (χ1) is 13.0. The maximum Gasteiger partial charge on any atom is 0.223 e. The minimum Gasteiger partial charge on any atom is -0.374 e. The molecule has 0 heterocycles. The molecule has 1 aromatic rings. The molecule has 0 spiro atoms. The number of carbonyl (C=O) groups excluding carboxylic acids is 1. The van der Waals surface area contributed by atoms with Crippen molar-refractivity contribution in [2.45, 2.75) is 96.8 Å². The van der Waals surface area contributed by atoms with E-state index in [2.05, 4.69) is 50.4 Å². The van der Waals surface area contributed by atoms with Gasteiger partial charge in [-0.1, -0.05) is 56.0 Å². The summed E-state index contributed by atoms with van der Waals surface area (Å²) >= 11 is 0. The van der Waals surface area contributed by atoms with Gasteiger partial charge < -0.3 is 10.1 Å². The zero-order valence-electron chi connectivity index (χ0n) is 17.4. The Morgan fingerprint density at radius 3 is 2.56 bits per heavy atom. The third-order valence-electron chi connectivity index (χ3n) is 6.79. The lowest BCUT2D eigenvalue weighted by molar-refractivity contribution is -0.129. The molecule has 0 saturated heterocycles. The quantitative estimate of drug-likeness (QED) is 0.712. The summed E-state index contributed by atoms with van der Waals surface area (Å²) < 4.78 is 6.15. The lowest BCUT2D eigenvalue weighted by Crippen LogP contribution is -2.50. The summed E-state index contributed by atoms with van der Waals surface area (Å²) in [4.78, 5) is 12.8. The fourth-order valence-electron chi connectivity index (χ4n) is 4.85. The van der Waals surface area contributed by atoms with Crippen LogP contribution in [0.1, 0.15) is 82.8 Å². The summed E-state index contributed by atoms with van der Waals surface area (Å²) in [6, 6.07) is 8.55. The Labute approximate surface area is 165 Å². The molecule has 1 amide bonds. The summed E-state index contributed by atoms with van der Waals surface area (Å²) in [5.41, 5.74) is 2.56. The van der Waals surface area contributed by atoms with Crippen LogP contribution in [0, 0.1) is 18.8 Å². The predicted molar refractivity (Wildman–Crippen MR) is 111 cm³/mol. The van der Waals surface area contributed by atoms with Crippen LogP contribution in [0.3, 0.4) is 0 Å². The van der Waals surface area contributed by atoms with Crippen molar-refractivity contribution in [3.05, 3.63) is 35.4 Å². The van der Waals surface area contributed by atoms with Crippen molar-refractivity contribution in [1.82, 2.24) is 5.32 Å². The van der Waals surface area contributed by atoms with Gasteiger partial charge in [0, 0.05) is 11.5 Å². The van der Waals surface area contributed by atoms with E-state index in [0.717, 1.165) is 38.5 Å². The monoisotopic (exact) mass is 371 g/mol. The zero-order valence-corrected chi connectivity index (χ0v) is 17.4. The Kier molecular flexibility index (Phi) is 6.97. The van der Waals surface area contributed by atoms with E-state index in [-0.39, 0.29) is 17.4 Å². The molecule has 2 fully saturated rings. The van der Waals surface area contributed by atoms with Crippen LogP contribution in [0.5, 0.6) is 0 Å². The molecule has 0 aliphatic heterocycles. The summed E-state index contributed by atoms with van der Waals surface area (Å²) in [7, 11) is 0. The number of ether oxygens (including phenoxy) is 1. The van der Waals surface area contributed by atoms with Gasteiger partial charge >= 0.3 is 0 Å². The van der Waals surface area contributed by atoms with Gasteiger partial charge in [-0.25, -0.2) is 0 Å². The standard InChI is InChI=1S/C24H37NO2/c1-18-8-7-9-20(16-18)17-27-22-12-10-21(11-13-22)19(2)23(26)25-24(3)14-5-4-6-15-24/h7-9,16,19,21-22H,4-6,10-15,17H2,1-3H3,(H,25,26). The number of amides is 1. The molecule has 3 nitrogen and oxygen atoms in total. The zero-order chi connectivity index (χ0) is 19.3. The maximum atomic E-state index is 12.8. The molecular weight excluding hydrogens is 334 g/mol. The lowest BCUT2D eigenvalue weighted by atomic mass is 9.78. The highest BCUT2D eigenvalue weighted by atomic mass is 16.5. The Morgan fingerprint density at radius 1 is 1.19 bits per heavy atom. The van der Waals surface area contributed by atoms with E-state index >= 15 is 0 Å². The topological polar surface area (TPSA) is 38.3 Å². The van der Waals surface area contributed by atoms with Crippen molar-refractivity contribution in [1.29, 1.82) is 0 Å². The van der Waals surface area contributed by atoms with Crippen molar-refractivity contribution in [3.63, 3.8) is 0 Å². The average Bonchev–Trinajstić information content (AvgIpc) is 2.66. The van der Waals surface area contributed by atoms with Crippen LogP contribution in [-0.4, -0.2) is 17.6 Å². The van der Waals surface area contributed by atoms with Crippen LogP contribution >= 0.6 is 0 Å². The van der Waals surface area contributed by atoms with Gasteiger partial charge in [-0.3, -0.25) is 4.79 Å². The normalized spacial score (nSPS) is 26.3. The first-order valence-electron chi connectivity index (χ1n) is 10.9. The molecule has 150 valence electrons. The molecule has 2 aliphatic carbocycles. The molecule has 3 rings (SSSR count). The fourth-order valence-corrected chi connectivity index (χ4v) is 4.85. The molecule has 1 aromatic carbocycles. The molecule has 0 radical (unpaired) electrons. The van der Waals surface area contributed by atoms with E-state index in [4.69, 9.17) is 4.74 Å². The molecule has 3 heteroatoms. The van der Waals surface area contributed by atoms with Gasteiger partial charge in [0.05, 0.1) is 12.7 Å². The molecular formula is C24H37NO2. The minimum absolute atomic E-state index is 0.0255. The Hall–Kier alpha value is -1.35. The Bertz CT molecular complexity index is 613. The van der Waals surface area contributed by atoms with Gasteiger partial charge in [0.15, 0.2) is 0 Å². The van der Waals surface area contributed by atoms with Gasteiger partial charge in [-0.2, -0.15) is 0 Å². The second-order valence-electron chi connectivity index (χ2n) is 9.24. The maximum absolute atomic E-state index is 12.8. The van der Waals surface area contributed by atoms with Crippen molar-refractivity contribution >= 4 is 5.91 Å². The van der Waals surface area contributed by atoms with Crippen molar-refractivity contribution in [2.24, 2.45) is 11.8 Å². The van der Waals surface area contributed by atoms with Gasteiger partial charge in [-0.15, -0.1) is 0 Å². The van der Waals surface area contributed by atoms with Crippen molar-refractivity contribution in [3.8, 4) is 0 Å². The number of aryl methyl sites for hydroxylation is 1. The smallest absolute Gasteiger partial charge is 0.223 e. The van der Waals surface area contributed by atoms with Crippen LogP contribution in [0.15, 0.2) is 24.3 Å². The summed E-state index contributed by atoms with van der Waals surface area (Å²) in [5.74, 6) is 0.876. The van der Waals surface area contributed by atoms with E-state index in [1.54, 1.807) is 0 Å². The first-order valence-corrected chi connectivity index (χ1v) is 10.9. The second kappa shape index (κ2) is 9.23. The van der Waals surface area contributed by atoms with E-state index < -0.39 is 0 Å². The van der Waals surface area contributed by atoms with Crippen LogP contribution < -0.4 is 5.32 Å². The Morgan fingerprint density at radius 2 is 1.89 bits per heavy atom. The minimum atomic E-state index is 0.0255. The predicted octanol–water partition coefficient (Wildman–Crippen LogP) is 5.55. The van der Waals surface area contributed by atoms with Crippen molar-refractivity contribution in [2.75, 3.05) is 0 Å². The lowest BCUT2D eigenvalue weighted by Gasteiger charge is -2.37. The number of nitrogens with one attached hydrogen (secondary N) is 1. The number of hydrogen-bond acceptors (Lipinski definition) is 2. The summed E-state index contributed by atoms with van der Waals surface area (Å²) in [6.07, 6.45) is 10.8. The molecule has 0 aromatic heterocycles. The Balaban J connectivity index is 1.42. The van der Waals surface area contributed by atoms with E-state index in [1.165, 1.54) is 30.4 Å². The molecule has 2 aliphatic rings. The SMILES string of the molecule is Cc1cccc(COC2CCC(C(C)C(=O)NC3(C)CCCCC3)CC2)c1. The number of rotatable bonds is 6. The summed E-state index contributed by atoms with van der Waals surface area (Å²) in [5, 5.41) is 3.39. The second-order valence-corrected chi connectivity index (χ2v) is 9.24. The molecule has 1 atom stereocenters. The van der Waals surface area contributed by atoms with Gasteiger partial charge in [0.2, 0.25) is 5.91 Å². The first kappa shape index (κ1) is 20.4. The number of benzene rings is 1. The molecule has 1 N–H and O–H groups in total. The number of carbonyl (C=O) groups is 1. The molecule has 27 heavy (non-hydrogen) atoms. The van der Waals surface area contributed by atoms with E-state index in [1.807, 2.05) is 0 Å². The van der Waals surface area contributed by atoms with Gasteiger partial charge in [0.25, 0.3) is 0 Å². The van der Waals surface area contributed by atoms with E-state index in [9.17, 15) is 4.79 Å². The highest BCUT2D eigenvalue weighted by Crippen LogP contribution is 2.33. The third-order valence-corrected chi connectivity index (χ3v) is 6.79. The summed E-state index contributed by atoms with van der Waals surface area (Å²) in [6.45, 7) is 7.17. The average molecular weight is 372 g/mol. The van der Waals surface area contributed by atoms with Crippen LogP contribution in [0.2, 0.25) is 0 Å². The van der Waals surface area contributed by atoms with Crippen molar-refractivity contribution < 1.29 is 9.53 Å². The van der Waals surface area contributed by atoms with Crippen LogP contribution in [0.25, 0.3) is 0 Å². The van der Waals surface area contributed by atoms with Crippen LogP contribution in [0.4, 0.5) is 0 Å². The largest absolute Gasteiger partial charge is 0.374 e. The van der Waals surface area contributed by atoms with Gasteiger partial charge in [-0.05, 0) is 63.9 Å². The highest BCUT2D eigenvalue weighted by Gasteiger charge is 2.34. The fraction of sp³-hybridized carbons (Fsp3) is 0.708. The molecule has 2 saturated carbocycles. The molecule has 0 bridgehead atoms. The van der Waals surface area contributed by atoms with E-state index in [0.29, 0.717) is 18.6 Å². The highest BCUT2D eigenvalue weighted by molar-refractivity contribution is 5.79. The molecule has 1 unspecified atom stereocenters. The van der Waals surface area contributed by atoms with Gasteiger partial charge in [0.1, 0.15) is 0 Å². The van der Waals surface area contributed by atoms with Crippen LogP contribution in [-0.2, 0) is 16.1 Å². The third kappa shape index (κ3) is 5.81.